The third kappa shape index (κ3) is 2.76. The van der Waals surface area contributed by atoms with Crippen LogP contribution < -0.4 is 0 Å². The fourth-order valence-electron chi connectivity index (χ4n) is 3.39. The van der Waals surface area contributed by atoms with Crippen molar-refractivity contribution in [3.63, 3.8) is 0 Å². The summed E-state index contributed by atoms with van der Waals surface area (Å²) in [6.45, 7) is 7.34. The average Bonchev–Trinajstić information content (AvgIpc) is 3.33. The molecule has 5 nitrogen and oxygen atoms in total. The molecule has 124 valence electrons. The van der Waals surface area contributed by atoms with Crippen molar-refractivity contribution < 1.29 is 4.74 Å². The molecule has 0 aliphatic carbocycles. The van der Waals surface area contributed by atoms with Crippen molar-refractivity contribution in [2.45, 2.75) is 25.9 Å². The maximum atomic E-state index is 5.48. The molecule has 0 radical (unpaired) electrons. The van der Waals surface area contributed by atoms with E-state index in [9.17, 15) is 0 Å². The molecule has 24 heavy (non-hydrogen) atoms. The van der Waals surface area contributed by atoms with Crippen molar-refractivity contribution in [3.8, 4) is 11.6 Å². The lowest BCUT2D eigenvalue weighted by atomic mass is 10.1. The van der Waals surface area contributed by atoms with Crippen LogP contribution in [0.15, 0.2) is 49.3 Å². The van der Waals surface area contributed by atoms with Crippen LogP contribution >= 0.6 is 0 Å². The number of nitrogens with zero attached hydrogens (tertiary/aromatic N) is 4. The van der Waals surface area contributed by atoms with Gasteiger partial charge in [-0.05, 0) is 30.9 Å². The Bertz CT molecular complexity index is 842. The van der Waals surface area contributed by atoms with Gasteiger partial charge in [0.1, 0.15) is 0 Å². The lowest BCUT2D eigenvalue weighted by Gasteiger charge is -2.12. The normalized spacial score (nSPS) is 17.6. The van der Waals surface area contributed by atoms with Gasteiger partial charge in [-0.2, -0.15) is 0 Å². The summed E-state index contributed by atoms with van der Waals surface area (Å²) in [5.41, 5.74) is 2.11. The molecule has 1 atom stereocenters. The molecule has 4 rings (SSSR count). The van der Waals surface area contributed by atoms with Gasteiger partial charge >= 0.3 is 0 Å². The zero-order valence-corrected chi connectivity index (χ0v) is 13.8. The Kier molecular flexibility index (Phi) is 4.17. The van der Waals surface area contributed by atoms with Gasteiger partial charge in [0.25, 0.3) is 0 Å². The molecule has 1 aliphatic rings. The van der Waals surface area contributed by atoms with Gasteiger partial charge in [0, 0.05) is 38.7 Å². The molecular weight excluding hydrogens is 300 g/mol. The highest BCUT2D eigenvalue weighted by Gasteiger charge is 2.19. The van der Waals surface area contributed by atoms with E-state index < -0.39 is 0 Å². The third-order valence-corrected chi connectivity index (χ3v) is 4.68. The number of ether oxygens (including phenoxy) is 1. The summed E-state index contributed by atoms with van der Waals surface area (Å²) in [4.78, 5) is 9.41. The van der Waals surface area contributed by atoms with Crippen molar-refractivity contribution in [2.75, 3.05) is 13.2 Å². The van der Waals surface area contributed by atoms with Crippen LogP contribution in [0.4, 0.5) is 0 Å². The Balaban J connectivity index is 1.68. The smallest absolute Gasteiger partial charge is 0.177 e. The Morgan fingerprint density at radius 1 is 1.29 bits per heavy atom. The van der Waals surface area contributed by atoms with E-state index in [2.05, 4.69) is 26.8 Å². The zero-order valence-electron chi connectivity index (χ0n) is 13.8. The van der Waals surface area contributed by atoms with E-state index in [1.165, 1.54) is 6.42 Å². The number of aromatic nitrogens is 4. The van der Waals surface area contributed by atoms with Gasteiger partial charge in [0.2, 0.25) is 0 Å². The fourth-order valence-corrected chi connectivity index (χ4v) is 3.39. The number of imidazole rings is 2. The third-order valence-electron chi connectivity index (χ3n) is 4.68. The summed E-state index contributed by atoms with van der Waals surface area (Å²) in [6.07, 6.45) is 8.09. The van der Waals surface area contributed by atoms with Crippen LogP contribution in [-0.4, -0.2) is 32.3 Å². The van der Waals surface area contributed by atoms with Gasteiger partial charge in [-0.15, -0.1) is 6.58 Å². The summed E-state index contributed by atoms with van der Waals surface area (Å²) in [6, 6.07) is 8.20. The Morgan fingerprint density at radius 2 is 2.21 bits per heavy atom. The lowest BCUT2D eigenvalue weighted by molar-refractivity contribution is 0.183. The van der Waals surface area contributed by atoms with Crippen LogP contribution in [0.25, 0.3) is 22.7 Å². The second-order valence-electron chi connectivity index (χ2n) is 6.29. The van der Waals surface area contributed by atoms with Crippen molar-refractivity contribution in [3.05, 3.63) is 49.3 Å². The summed E-state index contributed by atoms with van der Waals surface area (Å²) < 4.78 is 9.87. The second-order valence-corrected chi connectivity index (χ2v) is 6.29. The number of rotatable bonds is 6. The highest BCUT2D eigenvalue weighted by Crippen LogP contribution is 2.25. The number of hydrogen-bond donors (Lipinski definition) is 0. The standard InChI is InChI=1S/C19H22N4O/c1-2-10-23-17-6-4-3-5-16(17)21-19(23)18-20-9-12-22(18)11-7-15-8-13-24-14-15/h2-6,9,12,15H,1,7-8,10-11,13-14H2. The maximum absolute atomic E-state index is 5.48. The molecule has 1 unspecified atom stereocenters. The first kappa shape index (κ1) is 15.1. The van der Waals surface area contributed by atoms with Gasteiger partial charge in [0.15, 0.2) is 11.6 Å². The van der Waals surface area contributed by atoms with Gasteiger partial charge in [-0.1, -0.05) is 18.2 Å². The predicted octanol–water partition coefficient (Wildman–Crippen LogP) is 3.51. The van der Waals surface area contributed by atoms with Gasteiger partial charge in [-0.3, -0.25) is 0 Å². The number of fused-ring (bicyclic) bond motifs is 1. The van der Waals surface area contributed by atoms with Gasteiger partial charge in [0.05, 0.1) is 11.0 Å². The highest BCUT2D eigenvalue weighted by molar-refractivity contribution is 5.79. The Hall–Kier alpha value is -2.40. The molecule has 0 bridgehead atoms. The first-order valence-electron chi connectivity index (χ1n) is 8.52. The van der Waals surface area contributed by atoms with E-state index in [1.54, 1.807) is 0 Å². The van der Waals surface area contributed by atoms with Gasteiger partial charge in [-0.25, -0.2) is 9.97 Å². The summed E-state index contributed by atoms with van der Waals surface area (Å²) >= 11 is 0. The van der Waals surface area contributed by atoms with E-state index in [1.807, 2.05) is 36.7 Å². The monoisotopic (exact) mass is 322 g/mol. The highest BCUT2D eigenvalue weighted by atomic mass is 16.5. The molecule has 1 aliphatic heterocycles. The molecule has 3 heterocycles. The average molecular weight is 322 g/mol. The number of aryl methyl sites for hydroxylation is 1. The first-order valence-corrected chi connectivity index (χ1v) is 8.52. The van der Waals surface area contributed by atoms with Crippen molar-refractivity contribution in [2.24, 2.45) is 5.92 Å². The van der Waals surface area contributed by atoms with Crippen LogP contribution in [0.5, 0.6) is 0 Å². The SMILES string of the molecule is C=CCn1c(-c2nccn2CCC2CCOC2)nc2ccccc21. The van der Waals surface area contributed by atoms with E-state index in [-0.39, 0.29) is 0 Å². The van der Waals surface area contributed by atoms with Crippen molar-refractivity contribution in [1.82, 2.24) is 19.1 Å². The Labute approximate surface area is 141 Å². The molecule has 1 aromatic carbocycles. The minimum Gasteiger partial charge on any atom is -0.381 e. The van der Waals surface area contributed by atoms with Crippen LogP contribution in [-0.2, 0) is 17.8 Å². The number of para-hydroxylation sites is 2. The van der Waals surface area contributed by atoms with Crippen molar-refractivity contribution >= 4 is 11.0 Å². The number of hydrogen-bond acceptors (Lipinski definition) is 3. The Morgan fingerprint density at radius 3 is 3.04 bits per heavy atom. The molecule has 2 aromatic heterocycles. The predicted molar refractivity (Wildman–Crippen MR) is 94.7 cm³/mol. The molecule has 0 spiro atoms. The van der Waals surface area contributed by atoms with E-state index in [0.29, 0.717) is 5.92 Å². The van der Waals surface area contributed by atoms with Crippen LogP contribution in [0, 0.1) is 5.92 Å². The van der Waals surface area contributed by atoms with Crippen LogP contribution in [0.1, 0.15) is 12.8 Å². The van der Waals surface area contributed by atoms with Crippen LogP contribution in [0.2, 0.25) is 0 Å². The molecule has 1 fully saturated rings. The largest absolute Gasteiger partial charge is 0.381 e. The fraction of sp³-hybridized carbons (Fsp3) is 0.368. The lowest BCUT2D eigenvalue weighted by Crippen LogP contribution is -2.09. The molecule has 0 amide bonds. The topological polar surface area (TPSA) is 44.9 Å². The summed E-state index contributed by atoms with van der Waals surface area (Å²) in [7, 11) is 0. The van der Waals surface area contributed by atoms with Gasteiger partial charge < -0.3 is 13.9 Å². The number of benzene rings is 1. The molecule has 5 heteroatoms. The van der Waals surface area contributed by atoms with E-state index in [0.717, 1.165) is 55.4 Å². The molecular formula is C19H22N4O. The quantitative estimate of drug-likeness (QED) is 0.652. The van der Waals surface area contributed by atoms with E-state index in [4.69, 9.17) is 9.72 Å². The molecule has 3 aromatic rings. The maximum Gasteiger partial charge on any atom is 0.177 e. The van der Waals surface area contributed by atoms with Crippen molar-refractivity contribution in [1.29, 1.82) is 0 Å². The summed E-state index contributed by atoms with van der Waals surface area (Å²) in [5.74, 6) is 2.49. The second kappa shape index (κ2) is 6.61. The zero-order chi connectivity index (χ0) is 16.4. The minimum atomic E-state index is 0.659. The minimum absolute atomic E-state index is 0.659. The number of allylic oxidation sites excluding steroid dienone is 1. The molecule has 0 N–H and O–H groups in total. The van der Waals surface area contributed by atoms with Crippen LogP contribution in [0.3, 0.4) is 0 Å². The molecule has 1 saturated heterocycles. The molecule has 0 saturated carbocycles. The summed E-state index contributed by atoms with van der Waals surface area (Å²) in [5, 5.41) is 0. The first-order chi connectivity index (χ1) is 11.9. The van der Waals surface area contributed by atoms with E-state index >= 15 is 0 Å².